The van der Waals surface area contributed by atoms with E-state index in [9.17, 15) is 9.59 Å². The number of benzene rings is 1. The van der Waals surface area contributed by atoms with Crippen LogP contribution in [0.15, 0.2) is 30.5 Å². The molecule has 2 aromatic rings. The summed E-state index contributed by atoms with van der Waals surface area (Å²) in [5.41, 5.74) is 1.62. The molecule has 0 radical (unpaired) electrons. The highest BCUT2D eigenvalue weighted by molar-refractivity contribution is 5.89. The number of aromatic nitrogens is 1. The second kappa shape index (κ2) is 6.23. The number of fused-ring (bicyclic) bond motifs is 1. The molecule has 106 valence electrons. The fourth-order valence-electron chi connectivity index (χ4n) is 2.23. The number of amides is 1. The highest BCUT2D eigenvalue weighted by Crippen LogP contribution is 2.21. The summed E-state index contributed by atoms with van der Waals surface area (Å²) in [6.45, 7) is 2.86. The smallest absolute Gasteiger partial charge is 0.307 e. The predicted octanol–water partition coefficient (Wildman–Crippen LogP) is 1.79. The van der Waals surface area contributed by atoms with Crippen molar-refractivity contribution in [3.8, 4) is 0 Å². The molecular weight excluding hydrogens is 256 g/mol. The van der Waals surface area contributed by atoms with Gasteiger partial charge in [0.2, 0.25) is 5.91 Å². The third-order valence-corrected chi connectivity index (χ3v) is 3.10. The van der Waals surface area contributed by atoms with Gasteiger partial charge in [0.25, 0.3) is 0 Å². The molecule has 2 N–H and O–H groups in total. The average molecular weight is 274 g/mol. The summed E-state index contributed by atoms with van der Waals surface area (Å²) in [5, 5.41) is 12.7. The van der Waals surface area contributed by atoms with E-state index in [0.29, 0.717) is 6.54 Å². The standard InChI is InChI=1S/C15H18N2O3/c1-2-7-16-14(18)10-17-9-11(8-15(19)20)12-5-3-4-6-13(12)17/h3-6,9H,2,7-8,10H2,1H3,(H,16,18)(H,19,20). The quantitative estimate of drug-likeness (QED) is 0.843. The van der Waals surface area contributed by atoms with Crippen LogP contribution in [0.3, 0.4) is 0 Å². The van der Waals surface area contributed by atoms with Crippen LogP contribution in [-0.2, 0) is 22.6 Å². The van der Waals surface area contributed by atoms with Crippen molar-refractivity contribution in [1.82, 2.24) is 9.88 Å². The Hall–Kier alpha value is -2.30. The highest BCUT2D eigenvalue weighted by atomic mass is 16.4. The van der Waals surface area contributed by atoms with Crippen LogP contribution in [0.4, 0.5) is 0 Å². The maximum Gasteiger partial charge on any atom is 0.307 e. The molecule has 0 aliphatic carbocycles. The van der Waals surface area contributed by atoms with Gasteiger partial charge in [-0.1, -0.05) is 25.1 Å². The number of nitrogens with zero attached hydrogens (tertiary/aromatic N) is 1. The molecule has 5 heteroatoms. The van der Waals surface area contributed by atoms with Crippen LogP contribution in [0.25, 0.3) is 10.9 Å². The minimum Gasteiger partial charge on any atom is -0.481 e. The number of hydrogen-bond acceptors (Lipinski definition) is 2. The Morgan fingerprint density at radius 1 is 1.30 bits per heavy atom. The van der Waals surface area contributed by atoms with Crippen LogP contribution in [-0.4, -0.2) is 28.1 Å². The first kappa shape index (κ1) is 14.1. The van der Waals surface area contributed by atoms with E-state index in [1.54, 1.807) is 10.8 Å². The summed E-state index contributed by atoms with van der Waals surface area (Å²) in [5.74, 6) is -0.933. The van der Waals surface area contributed by atoms with Crippen LogP contribution in [0.2, 0.25) is 0 Å². The van der Waals surface area contributed by atoms with Crippen molar-refractivity contribution in [2.45, 2.75) is 26.3 Å². The van der Waals surface area contributed by atoms with Crippen molar-refractivity contribution >= 4 is 22.8 Å². The van der Waals surface area contributed by atoms with Crippen LogP contribution in [0.5, 0.6) is 0 Å². The number of para-hydroxylation sites is 1. The van der Waals surface area contributed by atoms with E-state index in [0.717, 1.165) is 22.9 Å². The van der Waals surface area contributed by atoms with Crippen molar-refractivity contribution in [1.29, 1.82) is 0 Å². The van der Waals surface area contributed by atoms with Gasteiger partial charge in [0.05, 0.1) is 6.42 Å². The molecular formula is C15H18N2O3. The number of hydrogen-bond donors (Lipinski definition) is 2. The summed E-state index contributed by atoms with van der Waals surface area (Å²) in [7, 11) is 0. The second-order valence-electron chi connectivity index (χ2n) is 4.72. The Morgan fingerprint density at radius 3 is 2.75 bits per heavy atom. The monoisotopic (exact) mass is 274 g/mol. The minimum atomic E-state index is -0.872. The van der Waals surface area contributed by atoms with Crippen molar-refractivity contribution < 1.29 is 14.7 Å². The number of nitrogens with one attached hydrogen (secondary N) is 1. The third-order valence-electron chi connectivity index (χ3n) is 3.10. The largest absolute Gasteiger partial charge is 0.481 e. The van der Waals surface area contributed by atoms with Gasteiger partial charge in [-0.05, 0) is 18.1 Å². The lowest BCUT2D eigenvalue weighted by atomic mass is 10.1. The zero-order valence-corrected chi connectivity index (χ0v) is 11.4. The number of carboxylic acid groups (broad SMARTS) is 1. The highest BCUT2D eigenvalue weighted by Gasteiger charge is 2.12. The summed E-state index contributed by atoms with van der Waals surface area (Å²) < 4.78 is 1.80. The molecule has 2 rings (SSSR count). The molecule has 0 aliphatic rings. The van der Waals surface area contributed by atoms with Gasteiger partial charge in [0, 0.05) is 23.6 Å². The molecule has 1 aromatic carbocycles. The summed E-state index contributed by atoms with van der Waals surface area (Å²) >= 11 is 0. The Balaban J connectivity index is 2.29. The summed E-state index contributed by atoms with van der Waals surface area (Å²) in [6.07, 6.45) is 2.61. The predicted molar refractivity (Wildman–Crippen MR) is 76.6 cm³/mol. The molecule has 1 amide bonds. The van der Waals surface area contributed by atoms with E-state index >= 15 is 0 Å². The number of aliphatic carboxylic acids is 1. The second-order valence-corrected chi connectivity index (χ2v) is 4.72. The van der Waals surface area contributed by atoms with Crippen LogP contribution >= 0.6 is 0 Å². The van der Waals surface area contributed by atoms with Gasteiger partial charge in [-0.15, -0.1) is 0 Å². The Labute approximate surface area is 117 Å². The van der Waals surface area contributed by atoms with Crippen LogP contribution < -0.4 is 5.32 Å². The van der Waals surface area contributed by atoms with Gasteiger partial charge >= 0.3 is 5.97 Å². The lowest BCUT2D eigenvalue weighted by Gasteiger charge is -2.06. The first-order valence-electron chi connectivity index (χ1n) is 6.67. The van der Waals surface area contributed by atoms with E-state index < -0.39 is 5.97 Å². The molecule has 0 unspecified atom stereocenters. The maximum absolute atomic E-state index is 11.8. The topological polar surface area (TPSA) is 71.3 Å². The van der Waals surface area contributed by atoms with E-state index in [1.807, 2.05) is 31.2 Å². The van der Waals surface area contributed by atoms with Crippen molar-refractivity contribution in [2.24, 2.45) is 0 Å². The fraction of sp³-hybridized carbons (Fsp3) is 0.333. The van der Waals surface area contributed by atoms with E-state index in [1.165, 1.54) is 0 Å². The SMILES string of the molecule is CCCNC(=O)Cn1cc(CC(=O)O)c2ccccc21. The maximum atomic E-state index is 11.8. The van der Waals surface area contributed by atoms with Gasteiger partial charge in [-0.2, -0.15) is 0 Å². The van der Waals surface area contributed by atoms with E-state index in [-0.39, 0.29) is 18.9 Å². The van der Waals surface area contributed by atoms with E-state index in [2.05, 4.69) is 5.32 Å². The number of rotatable bonds is 6. The Bertz CT molecular complexity index is 631. The zero-order valence-electron chi connectivity index (χ0n) is 11.4. The van der Waals surface area contributed by atoms with Crippen LogP contribution in [0.1, 0.15) is 18.9 Å². The molecule has 0 saturated heterocycles. The summed E-state index contributed by atoms with van der Waals surface area (Å²) in [6, 6.07) is 7.53. The normalized spacial score (nSPS) is 10.7. The number of carbonyl (C=O) groups is 2. The lowest BCUT2D eigenvalue weighted by Crippen LogP contribution is -2.27. The molecule has 1 aromatic heterocycles. The molecule has 1 heterocycles. The molecule has 5 nitrogen and oxygen atoms in total. The minimum absolute atomic E-state index is 0.0376. The molecule has 0 bridgehead atoms. The van der Waals surface area contributed by atoms with Crippen molar-refractivity contribution in [3.05, 3.63) is 36.0 Å². The molecule has 0 fully saturated rings. The van der Waals surface area contributed by atoms with Gasteiger partial charge in [-0.3, -0.25) is 9.59 Å². The average Bonchev–Trinajstić information content (AvgIpc) is 2.74. The lowest BCUT2D eigenvalue weighted by molar-refractivity contribution is -0.136. The Morgan fingerprint density at radius 2 is 2.05 bits per heavy atom. The van der Waals surface area contributed by atoms with Crippen molar-refractivity contribution in [3.63, 3.8) is 0 Å². The fourth-order valence-corrected chi connectivity index (χ4v) is 2.23. The first-order valence-corrected chi connectivity index (χ1v) is 6.67. The van der Waals surface area contributed by atoms with Gasteiger partial charge in [0.1, 0.15) is 6.54 Å². The molecule has 20 heavy (non-hydrogen) atoms. The van der Waals surface area contributed by atoms with Crippen LogP contribution in [0, 0.1) is 0 Å². The number of carbonyl (C=O) groups excluding carboxylic acids is 1. The van der Waals surface area contributed by atoms with Gasteiger partial charge < -0.3 is 15.0 Å². The molecule has 0 saturated carbocycles. The zero-order chi connectivity index (χ0) is 14.5. The first-order chi connectivity index (χ1) is 9.61. The molecule has 0 spiro atoms. The van der Waals surface area contributed by atoms with Gasteiger partial charge in [-0.25, -0.2) is 0 Å². The molecule has 0 aliphatic heterocycles. The molecule has 0 atom stereocenters. The van der Waals surface area contributed by atoms with Gasteiger partial charge in [0.15, 0.2) is 0 Å². The van der Waals surface area contributed by atoms with E-state index in [4.69, 9.17) is 5.11 Å². The van der Waals surface area contributed by atoms with Crippen molar-refractivity contribution in [2.75, 3.05) is 6.54 Å². The number of carboxylic acids is 1. The Kier molecular flexibility index (Phi) is 4.40. The summed E-state index contributed by atoms with van der Waals surface area (Å²) in [4.78, 5) is 22.7. The third kappa shape index (κ3) is 3.17.